The number of aliphatic carboxylic acids is 2. The lowest BCUT2D eigenvalue weighted by molar-refractivity contribution is -0.140. The fourth-order valence-corrected chi connectivity index (χ4v) is 2.87. The van der Waals surface area contributed by atoms with Gasteiger partial charge in [0.15, 0.2) is 0 Å². The maximum atomic E-state index is 11.1. The number of nitrogens with one attached hydrogen (secondary N) is 1. The zero-order valence-electron chi connectivity index (χ0n) is 15.2. The van der Waals surface area contributed by atoms with Gasteiger partial charge < -0.3 is 26.2 Å². The van der Waals surface area contributed by atoms with Crippen molar-refractivity contribution in [3.63, 3.8) is 0 Å². The highest BCUT2D eigenvalue weighted by Gasteiger charge is 2.19. The van der Waals surface area contributed by atoms with Gasteiger partial charge in [-0.2, -0.15) is 0 Å². The van der Waals surface area contributed by atoms with Crippen LogP contribution in [-0.2, 0) is 14.4 Å². The highest BCUT2D eigenvalue weighted by Crippen LogP contribution is 2.03. The van der Waals surface area contributed by atoms with E-state index in [0.717, 1.165) is 32.5 Å². The minimum atomic E-state index is -0.878. The molecule has 10 heteroatoms. The highest BCUT2D eigenvalue weighted by atomic mass is 16.4. The first kappa shape index (κ1) is 22.3. The van der Waals surface area contributed by atoms with Crippen molar-refractivity contribution < 1.29 is 24.6 Å². The van der Waals surface area contributed by atoms with E-state index in [9.17, 15) is 14.4 Å². The Labute approximate surface area is 153 Å². The number of hydrogen-bond acceptors (Lipinski definition) is 7. The maximum Gasteiger partial charge on any atom is 0.317 e. The smallest absolute Gasteiger partial charge is 0.317 e. The Morgan fingerprint density at radius 2 is 1.27 bits per heavy atom. The first-order chi connectivity index (χ1) is 12.4. The molecule has 0 saturated carbocycles. The molecule has 1 aliphatic heterocycles. The van der Waals surface area contributed by atoms with Gasteiger partial charge in [-0.15, -0.1) is 0 Å². The number of rotatable bonds is 10. The Kier molecular flexibility index (Phi) is 10.8. The Bertz CT molecular complexity index is 434. The second-order valence-corrected chi connectivity index (χ2v) is 6.44. The molecule has 0 unspecified atom stereocenters. The summed E-state index contributed by atoms with van der Waals surface area (Å²) in [4.78, 5) is 39.0. The number of amides is 1. The van der Waals surface area contributed by atoms with Crippen LogP contribution in [0.25, 0.3) is 0 Å². The van der Waals surface area contributed by atoms with Gasteiger partial charge in [-0.05, 0) is 19.4 Å². The van der Waals surface area contributed by atoms with E-state index >= 15 is 0 Å². The SMILES string of the molecule is NCC(=O)NCCCCN1CCN(CC(=O)O)CCN(CC(=O)O)CC1. The molecule has 0 radical (unpaired) electrons. The monoisotopic (exact) mass is 373 g/mol. The van der Waals surface area contributed by atoms with Crippen LogP contribution in [0.5, 0.6) is 0 Å². The van der Waals surface area contributed by atoms with E-state index in [-0.39, 0.29) is 25.5 Å². The van der Waals surface area contributed by atoms with Crippen LogP contribution in [0.15, 0.2) is 0 Å². The molecule has 1 heterocycles. The predicted molar refractivity (Wildman–Crippen MR) is 95.9 cm³/mol. The van der Waals surface area contributed by atoms with E-state index in [2.05, 4.69) is 10.2 Å². The molecule has 0 aliphatic carbocycles. The van der Waals surface area contributed by atoms with Gasteiger partial charge in [0, 0.05) is 45.8 Å². The normalized spacial score (nSPS) is 17.9. The van der Waals surface area contributed by atoms with Gasteiger partial charge in [-0.1, -0.05) is 0 Å². The van der Waals surface area contributed by atoms with Crippen LogP contribution in [-0.4, -0.2) is 115 Å². The molecule has 0 bridgehead atoms. The molecule has 1 fully saturated rings. The zero-order chi connectivity index (χ0) is 19.4. The fraction of sp³-hybridized carbons (Fsp3) is 0.812. The minimum absolute atomic E-state index is 0.00898. The van der Waals surface area contributed by atoms with Crippen LogP contribution in [0.4, 0.5) is 0 Å². The molecule has 0 aromatic carbocycles. The van der Waals surface area contributed by atoms with Crippen molar-refractivity contribution in [2.75, 3.05) is 72.0 Å². The van der Waals surface area contributed by atoms with Crippen molar-refractivity contribution in [1.82, 2.24) is 20.0 Å². The molecule has 10 nitrogen and oxygen atoms in total. The third-order valence-corrected chi connectivity index (χ3v) is 4.32. The lowest BCUT2D eigenvalue weighted by Gasteiger charge is -2.25. The number of carboxylic acids is 2. The van der Waals surface area contributed by atoms with Crippen molar-refractivity contribution >= 4 is 17.8 Å². The van der Waals surface area contributed by atoms with Crippen molar-refractivity contribution in [3.05, 3.63) is 0 Å². The molecule has 0 spiro atoms. The van der Waals surface area contributed by atoms with Crippen LogP contribution in [0, 0.1) is 0 Å². The molecule has 1 saturated heterocycles. The lowest BCUT2D eigenvalue weighted by Crippen LogP contribution is -2.40. The van der Waals surface area contributed by atoms with Crippen molar-refractivity contribution in [2.24, 2.45) is 5.73 Å². The first-order valence-electron chi connectivity index (χ1n) is 8.98. The molecule has 0 atom stereocenters. The molecule has 1 amide bonds. The summed E-state index contributed by atoms with van der Waals surface area (Å²) < 4.78 is 0. The molecule has 0 aromatic rings. The van der Waals surface area contributed by atoms with Gasteiger partial charge in [0.1, 0.15) is 0 Å². The van der Waals surface area contributed by atoms with Crippen LogP contribution >= 0.6 is 0 Å². The van der Waals surface area contributed by atoms with E-state index < -0.39 is 11.9 Å². The molecule has 1 rings (SSSR count). The Hall–Kier alpha value is -1.75. The average molecular weight is 373 g/mol. The number of carboxylic acid groups (broad SMARTS) is 2. The average Bonchev–Trinajstić information content (AvgIpc) is 2.66. The van der Waals surface area contributed by atoms with Gasteiger partial charge in [-0.3, -0.25) is 24.2 Å². The summed E-state index contributed by atoms with van der Waals surface area (Å²) in [5.41, 5.74) is 5.23. The molecule has 150 valence electrons. The topological polar surface area (TPSA) is 139 Å². The number of nitrogens with zero attached hydrogens (tertiary/aromatic N) is 3. The number of unbranched alkanes of at least 4 members (excludes halogenated alkanes) is 1. The summed E-state index contributed by atoms with van der Waals surface area (Å²) in [7, 11) is 0. The lowest BCUT2D eigenvalue weighted by atomic mass is 10.2. The Morgan fingerprint density at radius 1 is 0.808 bits per heavy atom. The van der Waals surface area contributed by atoms with Crippen LogP contribution in [0.2, 0.25) is 0 Å². The summed E-state index contributed by atoms with van der Waals surface area (Å²) >= 11 is 0. The van der Waals surface area contributed by atoms with Gasteiger partial charge in [0.25, 0.3) is 0 Å². The van der Waals surface area contributed by atoms with Gasteiger partial charge in [0.05, 0.1) is 19.6 Å². The summed E-state index contributed by atoms with van der Waals surface area (Å²) in [6.07, 6.45) is 1.72. The van der Waals surface area contributed by atoms with Crippen molar-refractivity contribution in [3.8, 4) is 0 Å². The second-order valence-electron chi connectivity index (χ2n) is 6.44. The third-order valence-electron chi connectivity index (χ3n) is 4.32. The highest BCUT2D eigenvalue weighted by molar-refractivity contribution is 5.77. The quantitative estimate of drug-likeness (QED) is 0.318. The Morgan fingerprint density at radius 3 is 1.69 bits per heavy atom. The van der Waals surface area contributed by atoms with Gasteiger partial charge in [0.2, 0.25) is 5.91 Å². The predicted octanol–water partition coefficient (Wildman–Crippen LogP) is -2.07. The van der Waals surface area contributed by atoms with Crippen LogP contribution in [0.3, 0.4) is 0 Å². The second kappa shape index (κ2) is 12.6. The summed E-state index contributed by atoms with van der Waals surface area (Å²) in [5.74, 6) is -1.92. The Balaban J connectivity index is 2.48. The van der Waals surface area contributed by atoms with Gasteiger partial charge in [-0.25, -0.2) is 0 Å². The van der Waals surface area contributed by atoms with E-state index in [1.807, 2.05) is 9.80 Å². The number of carbonyl (C=O) groups excluding carboxylic acids is 1. The molecular formula is C16H31N5O5. The zero-order valence-corrected chi connectivity index (χ0v) is 15.2. The standard InChI is InChI=1S/C16H31N5O5/c17-11-14(22)18-3-1-2-4-19-5-7-20(12-15(23)24)9-10-21(8-6-19)13-16(25)26/h1-13,17H2,(H,18,22)(H,23,24)(H,25,26). The fourth-order valence-electron chi connectivity index (χ4n) is 2.87. The molecule has 1 aliphatic rings. The van der Waals surface area contributed by atoms with E-state index in [4.69, 9.17) is 15.9 Å². The molecule has 26 heavy (non-hydrogen) atoms. The minimum Gasteiger partial charge on any atom is -0.480 e. The molecular weight excluding hydrogens is 342 g/mol. The summed E-state index contributed by atoms with van der Waals surface area (Å²) in [6, 6.07) is 0. The van der Waals surface area contributed by atoms with Crippen LogP contribution < -0.4 is 11.1 Å². The number of hydrogen-bond donors (Lipinski definition) is 4. The van der Waals surface area contributed by atoms with E-state index in [1.54, 1.807) is 0 Å². The number of carbonyl (C=O) groups is 3. The summed E-state index contributed by atoms with van der Waals surface area (Å²) in [5, 5.41) is 20.8. The van der Waals surface area contributed by atoms with Gasteiger partial charge >= 0.3 is 11.9 Å². The first-order valence-corrected chi connectivity index (χ1v) is 8.98. The maximum absolute atomic E-state index is 11.1. The van der Waals surface area contributed by atoms with E-state index in [0.29, 0.717) is 32.7 Å². The van der Waals surface area contributed by atoms with E-state index in [1.165, 1.54) is 0 Å². The molecule has 5 N–H and O–H groups in total. The third kappa shape index (κ3) is 10.3. The summed E-state index contributed by atoms with van der Waals surface area (Å²) in [6.45, 7) is 5.14. The molecule has 0 aromatic heterocycles. The van der Waals surface area contributed by atoms with Crippen molar-refractivity contribution in [1.29, 1.82) is 0 Å². The number of nitrogens with two attached hydrogens (primary N) is 1. The van der Waals surface area contributed by atoms with Crippen molar-refractivity contribution in [2.45, 2.75) is 12.8 Å². The van der Waals surface area contributed by atoms with Crippen LogP contribution in [0.1, 0.15) is 12.8 Å². The largest absolute Gasteiger partial charge is 0.480 e.